The minimum Gasteiger partial charge on any atom is -0.477 e. The highest BCUT2D eigenvalue weighted by atomic mass is 19.1. The monoisotopic (exact) mass is 338 g/mol. The lowest BCUT2D eigenvalue weighted by atomic mass is 10.1. The summed E-state index contributed by atoms with van der Waals surface area (Å²) in [6, 6.07) is 2.39. The number of benzene rings is 1. The molecule has 1 saturated heterocycles. The van der Waals surface area contributed by atoms with Gasteiger partial charge in [0.15, 0.2) is 0 Å². The quantitative estimate of drug-likeness (QED) is 0.880. The second-order valence-corrected chi connectivity index (χ2v) is 5.77. The Morgan fingerprint density at radius 2 is 2.12 bits per heavy atom. The Kier molecular flexibility index (Phi) is 4.23. The molecule has 6 nitrogen and oxygen atoms in total. The van der Waals surface area contributed by atoms with Crippen molar-refractivity contribution >= 4 is 22.6 Å². The van der Waals surface area contributed by atoms with Gasteiger partial charge in [0, 0.05) is 24.7 Å². The number of halogens is 2. The lowest BCUT2D eigenvalue weighted by Gasteiger charge is -2.20. The first-order valence-corrected chi connectivity index (χ1v) is 7.51. The van der Waals surface area contributed by atoms with Gasteiger partial charge in [0.05, 0.1) is 23.9 Å². The Morgan fingerprint density at radius 1 is 1.38 bits per heavy atom. The molecule has 1 atom stereocenters. The van der Waals surface area contributed by atoms with E-state index >= 15 is 0 Å². The lowest BCUT2D eigenvalue weighted by molar-refractivity contribution is 0.0694. The molecule has 1 aliphatic heterocycles. The number of aryl methyl sites for hydroxylation is 1. The van der Waals surface area contributed by atoms with Crippen LogP contribution in [-0.2, 0) is 6.54 Å². The van der Waals surface area contributed by atoms with Gasteiger partial charge in [0.2, 0.25) is 5.43 Å². The van der Waals surface area contributed by atoms with Gasteiger partial charge in [0.1, 0.15) is 18.1 Å². The minimum atomic E-state index is -1.44. The number of carbonyl (C=O) groups is 1. The summed E-state index contributed by atoms with van der Waals surface area (Å²) in [7, 11) is 0. The Balaban J connectivity index is 2.24. The molecular weight excluding hydrogens is 322 g/mol. The number of nitrogens with zero attached hydrogens (tertiary/aromatic N) is 2. The number of β-amino-alcohol motifs (C(OH)–C–C–N with tert-alkyl or cyclic N) is 1. The number of carboxylic acids is 1. The Labute approximate surface area is 135 Å². The van der Waals surface area contributed by atoms with Crippen LogP contribution in [0.5, 0.6) is 0 Å². The third kappa shape index (κ3) is 2.73. The van der Waals surface area contributed by atoms with Gasteiger partial charge in [-0.2, -0.15) is 0 Å². The van der Waals surface area contributed by atoms with Gasteiger partial charge < -0.3 is 19.7 Å². The van der Waals surface area contributed by atoms with Gasteiger partial charge in [-0.25, -0.2) is 13.6 Å². The Bertz CT molecular complexity index is 865. The van der Waals surface area contributed by atoms with Crippen molar-refractivity contribution in [2.75, 3.05) is 24.7 Å². The Hall–Kier alpha value is -2.48. The summed E-state index contributed by atoms with van der Waals surface area (Å²) < 4.78 is 28.5. The zero-order valence-electron chi connectivity index (χ0n) is 12.7. The number of aliphatic hydroxyl groups excluding tert-OH is 1. The summed E-state index contributed by atoms with van der Waals surface area (Å²) in [5.74, 6) is -2.12. The molecule has 8 heteroatoms. The van der Waals surface area contributed by atoms with Gasteiger partial charge in [-0.1, -0.05) is 0 Å². The SMILES string of the molecule is O=C(O)c1cn(CCF)c2cc(N3CCC(O)C3)c(F)cc2c1=O. The van der Waals surface area contributed by atoms with E-state index < -0.39 is 35.6 Å². The molecule has 0 bridgehead atoms. The molecule has 128 valence electrons. The summed E-state index contributed by atoms with van der Waals surface area (Å²) in [4.78, 5) is 25.1. The van der Waals surface area contributed by atoms with Crippen LogP contribution in [0.4, 0.5) is 14.5 Å². The van der Waals surface area contributed by atoms with Crippen LogP contribution in [0.25, 0.3) is 10.9 Å². The van der Waals surface area contributed by atoms with Crippen molar-refractivity contribution in [1.29, 1.82) is 0 Å². The number of aromatic nitrogens is 1. The number of hydrogen-bond acceptors (Lipinski definition) is 4. The molecule has 3 rings (SSSR count). The van der Waals surface area contributed by atoms with Crippen molar-refractivity contribution in [3.05, 3.63) is 39.9 Å². The molecule has 1 aromatic carbocycles. The number of hydrogen-bond donors (Lipinski definition) is 2. The van der Waals surface area contributed by atoms with E-state index in [1.165, 1.54) is 10.6 Å². The smallest absolute Gasteiger partial charge is 0.341 e. The zero-order chi connectivity index (χ0) is 17.4. The van der Waals surface area contributed by atoms with E-state index in [1.54, 1.807) is 4.90 Å². The summed E-state index contributed by atoms with van der Waals surface area (Å²) in [5, 5.41) is 18.6. The summed E-state index contributed by atoms with van der Waals surface area (Å²) in [6.07, 6.45) is 1.03. The van der Waals surface area contributed by atoms with Crippen molar-refractivity contribution in [3.63, 3.8) is 0 Å². The number of aromatic carboxylic acids is 1. The maximum atomic E-state index is 14.4. The molecule has 0 radical (unpaired) electrons. The van der Waals surface area contributed by atoms with Gasteiger partial charge >= 0.3 is 5.97 Å². The molecule has 2 aromatic rings. The van der Waals surface area contributed by atoms with Gasteiger partial charge in [-0.15, -0.1) is 0 Å². The molecule has 2 N–H and O–H groups in total. The molecule has 1 fully saturated rings. The fourth-order valence-corrected chi connectivity index (χ4v) is 3.03. The molecule has 0 amide bonds. The highest BCUT2D eigenvalue weighted by Gasteiger charge is 2.24. The minimum absolute atomic E-state index is 0.107. The third-order valence-corrected chi connectivity index (χ3v) is 4.21. The van der Waals surface area contributed by atoms with Crippen molar-refractivity contribution in [2.45, 2.75) is 19.1 Å². The molecule has 0 saturated carbocycles. The van der Waals surface area contributed by atoms with Crippen molar-refractivity contribution < 1.29 is 23.8 Å². The van der Waals surface area contributed by atoms with E-state index in [-0.39, 0.29) is 29.7 Å². The predicted octanol–water partition coefficient (Wildman–Crippen LogP) is 1.38. The van der Waals surface area contributed by atoms with Crippen LogP contribution in [0.15, 0.2) is 23.1 Å². The van der Waals surface area contributed by atoms with Crippen molar-refractivity contribution in [3.8, 4) is 0 Å². The molecule has 0 aliphatic carbocycles. The zero-order valence-corrected chi connectivity index (χ0v) is 12.7. The third-order valence-electron chi connectivity index (χ3n) is 4.21. The predicted molar refractivity (Wildman–Crippen MR) is 83.9 cm³/mol. The maximum absolute atomic E-state index is 14.4. The fourth-order valence-electron chi connectivity index (χ4n) is 3.03. The van der Waals surface area contributed by atoms with Crippen LogP contribution in [0.3, 0.4) is 0 Å². The molecule has 0 spiro atoms. The molecule has 2 heterocycles. The van der Waals surface area contributed by atoms with Crippen molar-refractivity contribution in [2.24, 2.45) is 0 Å². The number of rotatable bonds is 4. The second-order valence-electron chi connectivity index (χ2n) is 5.77. The topological polar surface area (TPSA) is 82.8 Å². The highest BCUT2D eigenvalue weighted by Crippen LogP contribution is 2.28. The number of fused-ring (bicyclic) bond motifs is 1. The average Bonchev–Trinajstić information content (AvgIpc) is 2.96. The number of anilines is 1. The Morgan fingerprint density at radius 3 is 2.71 bits per heavy atom. The maximum Gasteiger partial charge on any atom is 0.341 e. The first-order chi connectivity index (χ1) is 11.4. The van der Waals surface area contributed by atoms with E-state index in [0.29, 0.717) is 13.0 Å². The molecule has 24 heavy (non-hydrogen) atoms. The number of carboxylic acid groups (broad SMARTS) is 1. The van der Waals surface area contributed by atoms with Crippen LogP contribution in [0.1, 0.15) is 16.8 Å². The standard InChI is InChI=1S/C16H16F2N2O4/c17-2-4-20-8-11(16(23)24)15(22)10-5-12(18)14(6-13(10)20)19-3-1-9(21)7-19/h5-6,8-9,21H,1-4,7H2,(H,23,24). The number of pyridine rings is 1. The van der Waals surface area contributed by atoms with Crippen LogP contribution in [0.2, 0.25) is 0 Å². The van der Waals surface area contributed by atoms with E-state index in [9.17, 15) is 23.5 Å². The highest BCUT2D eigenvalue weighted by molar-refractivity contribution is 5.93. The molecule has 1 aromatic heterocycles. The average molecular weight is 338 g/mol. The first-order valence-electron chi connectivity index (χ1n) is 7.51. The van der Waals surface area contributed by atoms with Crippen molar-refractivity contribution in [1.82, 2.24) is 4.57 Å². The van der Waals surface area contributed by atoms with Gasteiger partial charge in [0.25, 0.3) is 0 Å². The van der Waals surface area contributed by atoms with E-state index in [1.807, 2.05) is 0 Å². The normalized spacial score (nSPS) is 17.6. The summed E-state index contributed by atoms with van der Waals surface area (Å²) in [5.41, 5.74) is -0.867. The lowest BCUT2D eigenvalue weighted by Crippen LogP contribution is -2.24. The van der Waals surface area contributed by atoms with Crippen LogP contribution < -0.4 is 10.3 Å². The van der Waals surface area contributed by atoms with E-state index in [0.717, 1.165) is 12.3 Å². The molecule has 1 unspecified atom stereocenters. The largest absolute Gasteiger partial charge is 0.477 e. The van der Waals surface area contributed by atoms with E-state index in [2.05, 4.69) is 0 Å². The van der Waals surface area contributed by atoms with Crippen LogP contribution in [-0.4, -0.2) is 46.6 Å². The first kappa shape index (κ1) is 16.4. The van der Waals surface area contributed by atoms with E-state index in [4.69, 9.17) is 5.11 Å². The fraction of sp³-hybridized carbons (Fsp3) is 0.375. The summed E-state index contributed by atoms with van der Waals surface area (Å²) >= 11 is 0. The van der Waals surface area contributed by atoms with Gasteiger partial charge in [-0.05, 0) is 18.6 Å². The molecular formula is C16H16F2N2O4. The summed E-state index contributed by atoms with van der Waals surface area (Å²) in [6.45, 7) is -0.177. The number of alkyl halides is 1. The number of aliphatic hydroxyl groups is 1. The van der Waals surface area contributed by atoms with Crippen LogP contribution >= 0.6 is 0 Å². The van der Waals surface area contributed by atoms with Crippen LogP contribution in [0, 0.1) is 5.82 Å². The second kappa shape index (κ2) is 6.20. The molecule has 1 aliphatic rings. The van der Waals surface area contributed by atoms with Gasteiger partial charge in [-0.3, -0.25) is 4.79 Å².